The van der Waals surface area contributed by atoms with Crippen LogP contribution in [0.3, 0.4) is 0 Å². The summed E-state index contributed by atoms with van der Waals surface area (Å²) in [6.45, 7) is 4.29. The average Bonchev–Trinajstić information content (AvgIpc) is 2.73. The van der Waals surface area contributed by atoms with Gasteiger partial charge in [0.15, 0.2) is 0 Å². The Morgan fingerprint density at radius 1 is 1.62 bits per heavy atom. The van der Waals surface area contributed by atoms with Crippen LogP contribution in [0.1, 0.15) is 18.9 Å². The molecule has 1 fully saturated rings. The molecule has 1 N–H and O–H groups in total. The highest BCUT2D eigenvalue weighted by molar-refractivity contribution is 9.10. The van der Waals surface area contributed by atoms with E-state index in [2.05, 4.69) is 39.2 Å². The largest absolute Gasteiger partial charge is 0.366 e. The van der Waals surface area contributed by atoms with Crippen molar-refractivity contribution in [2.75, 3.05) is 5.32 Å². The van der Waals surface area contributed by atoms with Gasteiger partial charge in [0.1, 0.15) is 5.82 Å². The van der Waals surface area contributed by atoms with Crippen LogP contribution in [0, 0.1) is 12.8 Å². The number of pyridine rings is 1. The molecule has 2 nitrogen and oxygen atoms in total. The van der Waals surface area contributed by atoms with E-state index in [1.54, 1.807) is 0 Å². The van der Waals surface area contributed by atoms with Gasteiger partial charge in [-0.05, 0) is 46.8 Å². The molecule has 0 saturated heterocycles. The summed E-state index contributed by atoms with van der Waals surface area (Å²) >= 11 is 3.50. The van der Waals surface area contributed by atoms with E-state index >= 15 is 0 Å². The van der Waals surface area contributed by atoms with Gasteiger partial charge in [-0.25, -0.2) is 4.98 Å². The van der Waals surface area contributed by atoms with Crippen molar-refractivity contribution < 1.29 is 0 Å². The molecule has 0 aliphatic heterocycles. The van der Waals surface area contributed by atoms with Gasteiger partial charge in [-0.2, -0.15) is 0 Å². The molecule has 0 radical (unpaired) electrons. The van der Waals surface area contributed by atoms with E-state index in [9.17, 15) is 0 Å². The van der Waals surface area contributed by atoms with Crippen molar-refractivity contribution in [3.8, 4) is 0 Å². The minimum atomic E-state index is 0.631. The van der Waals surface area contributed by atoms with Crippen molar-refractivity contribution in [1.29, 1.82) is 0 Å². The second kappa shape index (κ2) is 3.29. The molecule has 0 spiro atoms. The van der Waals surface area contributed by atoms with E-state index in [0.29, 0.717) is 6.04 Å². The molecule has 0 amide bonds. The Labute approximate surface area is 86.9 Å². The second-order valence-corrected chi connectivity index (χ2v) is 4.66. The lowest BCUT2D eigenvalue weighted by Crippen LogP contribution is -2.05. The van der Waals surface area contributed by atoms with Gasteiger partial charge in [-0.15, -0.1) is 0 Å². The van der Waals surface area contributed by atoms with Crippen molar-refractivity contribution in [2.24, 2.45) is 5.92 Å². The molecule has 1 aliphatic rings. The standard InChI is InChI=1S/C10H13BrN2/c1-6-3-8(11)10(12-5-6)13-9-4-7(9)2/h3,5,7,9H,4H2,1-2H3,(H,12,13). The number of hydrogen-bond acceptors (Lipinski definition) is 2. The van der Waals surface area contributed by atoms with E-state index in [0.717, 1.165) is 16.2 Å². The highest BCUT2D eigenvalue weighted by Gasteiger charge is 2.32. The highest BCUT2D eigenvalue weighted by Crippen LogP contribution is 2.34. The summed E-state index contributed by atoms with van der Waals surface area (Å²) in [6, 6.07) is 2.72. The predicted molar refractivity (Wildman–Crippen MR) is 57.9 cm³/mol. The van der Waals surface area contributed by atoms with E-state index in [1.165, 1.54) is 12.0 Å². The molecule has 1 aromatic heterocycles. The number of nitrogens with zero attached hydrogens (tertiary/aromatic N) is 1. The fourth-order valence-electron chi connectivity index (χ4n) is 1.34. The quantitative estimate of drug-likeness (QED) is 0.860. The summed E-state index contributed by atoms with van der Waals surface area (Å²) < 4.78 is 1.06. The Hall–Kier alpha value is -0.570. The highest BCUT2D eigenvalue weighted by atomic mass is 79.9. The third kappa shape index (κ3) is 2.02. The van der Waals surface area contributed by atoms with Crippen molar-refractivity contribution >= 4 is 21.7 Å². The molecule has 1 saturated carbocycles. The molecule has 1 heterocycles. The Balaban J connectivity index is 2.11. The summed E-state index contributed by atoms with van der Waals surface area (Å²) in [5.41, 5.74) is 1.18. The van der Waals surface area contributed by atoms with Crippen molar-refractivity contribution in [3.05, 3.63) is 22.3 Å². The molecule has 0 bridgehead atoms. The van der Waals surface area contributed by atoms with Gasteiger partial charge in [0.05, 0.1) is 4.47 Å². The van der Waals surface area contributed by atoms with Crippen LogP contribution in [0.5, 0.6) is 0 Å². The number of nitrogens with one attached hydrogen (secondary N) is 1. The summed E-state index contributed by atoms with van der Waals surface area (Å²) in [4.78, 5) is 4.33. The average molecular weight is 241 g/mol. The van der Waals surface area contributed by atoms with Gasteiger partial charge < -0.3 is 5.32 Å². The molecule has 1 aromatic rings. The summed E-state index contributed by atoms with van der Waals surface area (Å²) in [5.74, 6) is 1.77. The Morgan fingerprint density at radius 3 is 2.85 bits per heavy atom. The van der Waals surface area contributed by atoms with Gasteiger partial charge in [0.25, 0.3) is 0 Å². The number of hydrogen-bond donors (Lipinski definition) is 1. The number of halogens is 1. The molecule has 2 rings (SSSR count). The first-order chi connectivity index (χ1) is 6.16. The SMILES string of the molecule is Cc1cnc(NC2CC2C)c(Br)c1. The van der Waals surface area contributed by atoms with Crippen molar-refractivity contribution in [3.63, 3.8) is 0 Å². The van der Waals surface area contributed by atoms with Crippen LogP contribution in [-0.4, -0.2) is 11.0 Å². The van der Waals surface area contributed by atoms with Gasteiger partial charge in [0, 0.05) is 12.2 Å². The summed E-state index contributed by atoms with van der Waals surface area (Å²) in [7, 11) is 0. The van der Waals surface area contributed by atoms with Crippen LogP contribution in [0.2, 0.25) is 0 Å². The van der Waals surface area contributed by atoms with Crippen molar-refractivity contribution in [1.82, 2.24) is 4.98 Å². The second-order valence-electron chi connectivity index (χ2n) is 3.81. The molecular formula is C10H13BrN2. The topological polar surface area (TPSA) is 24.9 Å². The van der Waals surface area contributed by atoms with Crippen LogP contribution in [0.15, 0.2) is 16.7 Å². The smallest absolute Gasteiger partial charge is 0.140 e. The van der Waals surface area contributed by atoms with Crippen LogP contribution in [0.25, 0.3) is 0 Å². The summed E-state index contributed by atoms with van der Waals surface area (Å²) in [6.07, 6.45) is 3.15. The molecule has 2 atom stereocenters. The lowest BCUT2D eigenvalue weighted by molar-refractivity contribution is 0.922. The Kier molecular flexibility index (Phi) is 2.28. The van der Waals surface area contributed by atoms with Crippen LogP contribution in [0.4, 0.5) is 5.82 Å². The lowest BCUT2D eigenvalue weighted by Gasteiger charge is -2.06. The molecule has 70 valence electrons. The first-order valence-corrected chi connectivity index (χ1v) is 5.35. The van der Waals surface area contributed by atoms with E-state index in [-0.39, 0.29) is 0 Å². The maximum Gasteiger partial charge on any atom is 0.140 e. The Morgan fingerprint density at radius 2 is 2.31 bits per heavy atom. The van der Waals surface area contributed by atoms with E-state index in [4.69, 9.17) is 0 Å². The zero-order valence-electron chi connectivity index (χ0n) is 7.84. The zero-order chi connectivity index (χ0) is 9.42. The number of aromatic nitrogens is 1. The van der Waals surface area contributed by atoms with E-state index in [1.807, 2.05) is 13.1 Å². The monoisotopic (exact) mass is 240 g/mol. The molecule has 0 aromatic carbocycles. The number of aryl methyl sites for hydroxylation is 1. The maximum absolute atomic E-state index is 4.33. The minimum absolute atomic E-state index is 0.631. The molecule has 1 aliphatic carbocycles. The van der Waals surface area contributed by atoms with E-state index < -0.39 is 0 Å². The third-order valence-electron chi connectivity index (χ3n) is 2.41. The molecule has 3 heteroatoms. The third-order valence-corrected chi connectivity index (χ3v) is 3.01. The maximum atomic E-state index is 4.33. The van der Waals surface area contributed by atoms with Gasteiger partial charge >= 0.3 is 0 Å². The first kappa shape index (κ1) is 9.00. The molecule has 13 heavy (non-hydrogen) atoms. The van der Waals surface area contributed by atoms with Crippen LogP contribution >= 0.6 is 15.9 Å². The number of rotatable bonds is 2. The lowest BCUT2D eigenvalue weighted by atomic mass is 10.3. The predicted octanol–water partition coefficient (Wildman–Crippen LogP) is 2.97. The van der Waals surface area contributed by atoms with Gasteiger partial charge in [0.2, 0.25) is 0 Å². The Bertz CT molecular complexity index is 325. The normalized spacial score (nSPS) is 25.8. The number of anilines is 1. The fourth-order valence-corrected chi connectivity index (χ4v) is 1.92. The first-order valence-electron chi connectivity index (χ1n) is 4.55. The van der Waals surface area contributed by atoms with Crippen LogP contribution in [-0.2, 0) is 0 Å². The molecule has 2 unspecified atom stereocenters. The summed E-state index contributed by atoms with van der Waals surface area (Å²) in [5, 5.41) is 3.40. The van der Waals surface area contributed by atoms with Gasteiger partial charge in [-0.3, -0.25) is 0 Å². The fraction of sp³-hybridized carbons (Fsp3) is 0.500. The van der Waals surface area contributed by atoms with Crippen molar-refractivity contribution in [2.45, 2.75) is 26.3 Å². The molecular weight excluding hydrogens is 228 g/mol. The minimum Gasteiger partial charge on any atom is -0.366 e. The van der Waals surface area contributed by atoms with Crippen LogP contribution < -0.4 is 5.32 Å². The zero-order valence-corrected chi connectivity index (χ0v) is 9.43. The van der Waals surface area contributed by atoms with Gasteiger partial charge in [-0.1, -0.05) is 6.92 Å².